The summed E-state index contributed by atoms with van der Waals surface area (Å²) in [6.45, 7) is 0. The summed E-state index contributed by atoms with van der Waals surface area (Å²) in [6, 6.07) is 13.5. The molecule has 4 aromatic rings. The molecule has 0 saturated heterocycles. The van der Waals surface area contributed by atoms with Gasteiger partial charge in [0.15, 0.2) is 0 Å². The molecule has 27 heavy (non-hydrogen) atoms. The summed E-state index contributed by atoms with van der Waals surface area (Å²) in [7, 11) is 1.87. The number of carbonyl (C=O) groups excluding carboxylic acids is 1. The lowest BCUT2D eigenvalue weighted by Gasteiger charge is -2.19. The second-order valence-electron chi connectivity index (χ2n) is 6.10. The molecule has 0 bridgehead atoms. The fourth-order valence-corrected chi connectivity index (χ4v) is 4.42. The van der Waals surface area contributed by atoms with Gasteiger partial charge in [0.2, 0.25) is 0 Å². The van der Waals surface area contributed by atoms with Crippen LogP contribution >= 0.6 is 22.9 Å². The van der Waals surface area contributed by atoms with Gasteiger partial charge < -0.3 is 9.88 Å². The SMILES string of the molecule is Cn1ccnc1C(NC(=O)c1sc2cc(F)ccc2c1Cl)c1ccccc1. The number of amides is 1. The average molecular weight is 400 g/mol. The fraction of sp³-hybridized carbons (Fsp3) is 0.100. The molecule has 1 unspecified atom stereocenters. The minimum atomic E-state index is -0.434. The van der Waals surface area contributed by atoms with Gasteiger partial charge >= 0.3 is 0 Å². The second-order valence-corrected chi connectivity index (χ2v) is 7.53. The molecule has 0 aliphatic rings. The molecular weight excluding hydrogens is 385 g/mol. The molecule has 1 N–H and O–H groups in total. The monoisotopic (exact) mass is 399 g/mol. The fourth-order valence-electron chi connectivity index (χ4n) is 2.98. The molecule has 0 fully saturated rings. The summed E-state index contributed by atoms with van der Waals surface area (Å²) in [4.78, 5) is 17.7. The average Bonchev–Trinajstić information content (AvgIpc) is 3.23. The number of aromatic nitrogens is 2. The van der Waals surface area contributed by atoms with Crippen molar-refractivity contribution in [2.45, 2.75) is 6.04 Å². The summed E-state index contributed by atoms with van der Waals surface area (Å²) >= 11 is 7.57. The van der Waals surface area contributed by atoms with E-state index < -0.39 is 6.04 Å². The molecule has 1 amide bonds. The minimum absolute atomic E-state index is 0.321. The van der Waals surface area contributed by atoms with E-state index in [1.165, 1.54) is 23.5 Å². The topological polar surface area (TPSA) is 46.9 Å². The Morgan fingerprint density at radius 2 is 2.04 bits per heavy atom. The third-order valence-electron chi connectivity index (χ3n) is 4.32. The van der Waals surface area contributed by atoms with Crippen molar-refractivity contribution in [1.82, 2.24) is 14.9 Å². The predicted molar refractivity (Wildman–Crippen MR) is 106 cm³/mol. The van der Waals surface area contributed by atoms with Crippen LogP contribution in [0.3, 0.4) is 0 Å². The van der Waals surface area contributed by atoms with Crippen molar-refractivity contribution < 1.29 is 9.18 Å². The molecular formula is C20H15ClFN3OS. The highest BCUT2D eigenvalue weighted by Gasteiger charge is 2.24. The number of nitrogens with one attached hydrogen (secondary N) is 1. The maximum atomic E-state index is 13.5. The van der Waals surface area contributed by atoms with E-state index in [0.717, 1.165) is 5.56 Å². The molecule has 2 aromatic heterocycles. The quantitative estimate of drug-likeness (QED) is 0.528. The number of thiophene rings is 1. The molecule has 0 spiro atoms. The van der Waals surface area contributed by atoms with Crippen molar-refractivity contribution in [3.05, 3.63) is 88.0 Å². The molecule has 0 saturated carbocycles. The molecule has 2 aromatic carbocycles. The van der Waals surface area contributed by atoms with Gasteiger partial charge in [-0.3, -0.25) is 4.79 Å². The zero-order valence-electron chi connectivity index (χ0n) is 14.3. The van der Waals surface area contributed by atoms with Gasteiger partial charge in [0.1, 0.15) is 22.6 Å². The Morgan fingerprint density at radius 1 is 1.26 bits per heavy atom. The number of halogens is 2. The Kier molecular flexibility index (Phi) is 4.68. The van der Waals surface area contributed by atoms with Crippen LogP contribution in [-0.4, -0.2) is 15.5 Å². The van der Waals surface area contributed by atoms with Crippen LogP contribution in [0.2, 0.25) is 5.02 Å². The maximum absolute atomic E-state index is 13.5. The molecule has 4 nitrogen and oxygen atoms in total. The van der Waals surface area contributed by atoms with Crippen molar-refractivity contribution >= 4 is 38.9 Å². The number of imidazole rings is 1. The summed E-state index contributed by atoms with van der Waals surface area (Å²) < 4.78 is 16.0. The molecule has 0 radical (unpaired) electrons. The Bertz CT molecular complexity index is 1120. The first-order chi connectivity index (χ1) is 13.0. The zero-order chi connectivity index (χ0) is 19.0. The van der Waals surface area contributed by atoms with E-state index in [9.17, 15) is 9.18 Å². The van der Waals surface area contributed by atoms with E-state index in [2.05, 4.69) is 10.3 Å². The molecule has 4 rings (SSSR count). The molecule has 0 aliphatic carbocycles. The second kappa shape index (κ2) is 7.13. The van der Waals surface area contributed by atoms with E-state index in [4.69, 9.17) is 11.6 Å². The molecule has 1 atom stereocenters. The molecule has 0 aliphatic heterocycles. The number of benzene rings is 2. The lowest BCUT2D eigenvalue weighted by atomic mass is 10.1. The van der Waals surface area contributed by atoms with Crippen LogP contribution in [0.25, 0.3) is 10.1 Å². The number of carbonyl (C=O) groups is 1. The van der Waals surface area contributed by atoms with Crippen LogP contribution in [0.15, 0.2) is 60.9 Å². The first-order valence-corrected chi connectivity index (χ1v) is 9.44. The van der Waals surface area contributed by atoms with E-state index >= 15 is 0 Å². The number of nitrogens with zero attached hydrogens (tertiary/aromatic N) is 2. The van der Waals surface area contributed by atoms with Crippen molar-refractivity contribution in [3.63, 3.8) is 0 Å². The van der Waals surface area contributed by atoms with E-state index in [-0.39, 0.29) is 11.7 Å². The van der Waals surface area contributed by atoms with Gasteiger partial charge in [-0.2, -0.15) is 0 Å². The first kappa shape index (κ1) is 17.7. The van der Waals surface area contributed by atoms with Gasteiger partial charge in [-0.25, -0.2) is 9.37 Å². The van der Waals surface area contributed by atoms with Crippen LogP contribution in [0, 0.1) is 5.82 Å². The first-order valence-electron chi connectivity index (χ1n) is 8.25. The number of hydrogen-bond donors (Lipinski definition) is 1. The Hall–Kier alpha value is -2.70. The number of fused-ring (bicyclic) bond motifs is 1. The third-order valence-corrected chi connectivity index (χ3v) is 5.98. The largest absolute Gasteiger partial charge is 0.337 e. The third kappa shape index (κ3) is 3.34. The van der Waals surface area contributed by atoms with Crippen molar-refractivity contribution in [2.75, 3.05) is 0 Å². The summed E-state index contributed by atoms with van der Waals surface area (Å²) in [5.74, 6) is 0.0267. The maximum Gasteiger partial charge on any atom is 0.263 e. The van der Waals surface area contributed by atoms with E-state index in [1.807, 2.05) is 48.1 Å². The predicted octanol–water partition coefficient (Wildman–Crippen LogP) is 4.95. The Morgan fingerprint density at radius 3 is 2.74 bits per heavy atom. The van der Waals surface area contributed by atoms with Crippen LogP contribution in [0.4, 0.5) is 4.39 Å². The smallest absolute Gasteiger partial charge is 0.263 e. The van der Waals surface area contributed by atoms with Gasteiger partial charge in [-0.15, -0.1) is 11.3 Å². The standard InChI is InChI=1S/C20H15ClFN3OS/c1-25-10-9-23-19(25)17(12-5-3-2-4-6-12)24-20(26)18-16(21)14-8-7-13(22)11-15(14)27-18/h2-11,17H,1H3,(H,24,26). The lowest BCUT2D eigenvalue weighted by Crippen LogP contribution is -2.30. The normalized spacial score (nSPS) is 12.3. The van der Waals surface area contributed by atoms with Crippen molar-refractivity contribution in [3.8, 4) is 0 Å². The summed E-state index contributed by atoms with van der Waals surface area (Å²) in [5, 5.41) is 4.02. The van der Waals surface area contributed by atoms with Gasteiger partial charge in [0, 0.05) is 29.5 Å². The van der Waals surface area contributed by atoms with Crippen LogP contribution < -0.4 is 5.32 Å². The van der Waals surface area contributed by atoms with Crippen LogP contribution in [0.5, 0.6) is 0 Å². The number of aryl methyl sites for hydroxylation is 1. The number of rotatable bonds is 4. The van der Waals surface area contributed by atoms with E-state index in [1.54, 1.807) is 12.3 Å². The Balaban J connectivity index is 1.73. The zero-order valence-corrected chi connectivity index (χ0v) is 15.9. The molecule has 7 heteroatoms. The Labute approximate surface area is 164 Å². The summed E-state index contributed by atoms with van der Waals surface area (Å²) in [5.41, 5.74) is 0.906. The molecule has 136 valence electrons. The minimum Gasteiger partial charge on any atom is -0.337 e. The van der Waals surface area contributed by atoms with Gasteiger partial charge in [-0.05, 0) is 23.8 Å². The summed E-state index contributed by atoms with van der Waals surface area (Å²) in [6.07, 6.45) is 3.51. The highest BCUT2D eigenvalue weighted by atomic mass is 35.5. The van der Waals surface area contributed by atoms with E-state index in [0.29, 0.717) is 25.8 Å². The van der Waals surface area contributed by atoms with Crippen molar-refractivity contribution in [1.29, 1.82) is 0 Å². The number of hydrogen-bond acceptors (Lipinski definition) is 3. The lowest BCUT2D eigenvalue weighted by molar-refractivity contribution is 0.0945. The highest BCUT2D eigenvalue weighted by molar-refractivity contribution is 7.21. The van der Waals surface area contributed by atoms with Gasteiger partial charge in [0.25, 0.3) is 5.91 Å². The van der Waals surface area contributed by atoms with Crippen LogP contribution in [0.1, 0.15) is 27.1 Å². The van der Waals surface area contributed by atoms with Gasteiger partial charge in [0.05, 0.1) is 5.02 Å². The van der Waals surface area contributed by atoms with Crippen LogP contribution in [-0.2, 0) is 7.05 Å². The van der Waals surface area contributed by atoms with Gasteiger partial charge in [-0.1, -0.05) is 41.9 Å². The highest BCUT2D eigenvalue weighted by Crippen LogP contribution is 2.36. The molecule has 2 heterocycles. The van der Waals surface area contributed by atoms with Crippen molar-refractivity contribution in [2.24, 2.45) is 7.05 Å².